The molecule has 8 N–H and O–H groups in total. The molecular formula is C69H92N12O18P2. The third-order valence-corrected chi connectivity index (χ3v) is 21.8. The Labute approximate surface area is 586 Å². The number of nitrogen functional groups attached to an aromatic ring is 2. The number of nitriles is 1. The van der Waals surface area contributed by atoms with E-state index in [1.54, 1.807) is 88.4 Å². The summed E-state index contributed by atoms with van der Waals surface area (Å²) in [5.74, 6) is -3.98. The number of hydrogen-bond acceptors (Lipinski definition) is 26. The van der Waals surface area contributed by atoms with E-state index in [-0.39, 0.29) is 87.7 Å². The van der Waals surface area contributed by atoms with Gasteiger partial charge in [0.25, 0.3) is 0 Å². The molecule has 4 aromatic heterocycles. The first-order chi connectivity index (χ1) is 47.6. The molecule has 101 heavy (non-hydrogen) atoms. The first kappa shape index (κ1) is 75.7. The molecule has 2 aromatic carbocycles. The number of aliphatic imine (C=N–C) groups is 1. The number of anilines is 2. The molecule has 0 bridgehead atoms. The van der Waals surface area contributed by atoms with E-state index in [1.807, 2.05) is 47.6 Å². The van der Waals surface area contributed by atoms with Gasteiger partial charge in [-0.1, -0.05) is 99.9 Å². The third kappa shape index (κ3) is 16.4. The first-order valence-corrected chi connectivity index (χ1v) is 36.9. The van der Waals surface area contributed by atoms with Crippen molar-refractivity contribution in [2.24, 2.45) is 28.7 Å². The summed E-state index contributed by atoms with van der Waals surface area (Å²) in [4.78, 5) is 67.6. The van der Waals surface area contributed by atoms with E-state index in [0.717, 1.165) is 30.4 Å². The van der Waals surface area contributed by atoms with Crippen LogP contribution < -0.4 is 30.7 Å². The molecule has 32 heteroatoms. The Bertz CT molecular complexity index is 4160. The monoisotopic (exact) mass is 1440 g/mol. The number of nitrogens with two attached hydrogens (primary N) is 2. The van der Waals surface area contributed by atoms with Crippen LogP contribution in [0.25, 0.3) is 11.0 Å². The first-order valence-electron chi connectivity index (χ1n) is 33.8. The van der Waals surface area contributed by atoms with Gasteiger partial charge in [0, 0.05) is 19.2 Å². The van der Waals surface area contributed by atoms with Crippen molar-refractivity contribution >= 4 is 68.3 Å². The Balaban J connectivity index is 0.831. The molecule has 0 amide bonds. The fraction of sp³-hybridized carbons (Fsp3) is 0.565. The van der Waals surface area contributed by atoms with E-state index in [2.05, 4.69) is 30.2 Å². The molecular weight excluding hydrogens is 1350 g/mol. The average Bonchev–Trinajstić information content (AvgIpc) is 1.58. The summed E-state index contributed by atoms with van der Waals surface area (Å²) in [6.07, 6.45) is -3.23. The van der Waals surface area contributed by atoms with E-state index in [0.29, 0.717) is 18.4 Å². The quantitative estimate of drug-likeness (QED) is 0.0116. The van der Waals surface area contributed by atoms with Gasteiger partial charge in [0.1, 0.15) is 71.4 Å². The highest BCUT2D eigenvalue weighted by molar-refractivity contribution is 7.52. The topological polar surface area (TPSA) is 408 Å². The highest BCUT2D eigenvalue weighted by Gasteiger charge is 2.62. The molecule has 6 aromatic rings. The van der Waals surface area contributed by atoms with Crippen molar-refractivity contribution in [1.82, 2.24) is 39.4 Å². The van der Waals surface area contributed by atoms with E-state index in [4.69, 9.17) is 63.1 Å². The number of carbonyl (C=O) groups is 4. The second kappa shape index (κ2) is 30.2. The van der Waals surface area contributed by atoms with Crippen LogP contribution >= 0.6 is 15.5 Å². The Morgan fingerprint density at radius 1 is 0.703 bits per heavy atom. The highest BCUT2D eigenvalue weighted by atomic mass is 31.2. The maximum absolute atomic E-state index is 15.4. The van der Waals surface area contributed by atoms with Gasteiger partial charge >= 0.3 is 39.4 Å². The lowest BCUT2D eigenvalue weighted by molar-refractivity contribution is -0.172. The minimum atomic E-state index is -4.73. The zero-order valence-corrected chi connectivity index (χ0v) is 60.8. The van der Waals surface area contributed by atoms with Gasteiger partial charge < -0.3 is 59.1 Å². The van der Waals surface area contributed by atoms with Crippen LogP contribution in [0.4, 0.5) is 11.6 Å². The maximum atomic E-state index is 15.4. The lowest BCUT2D eigenvalue weighted by atomic mass is 9.75. The number of aliphatic hydroxyl groups is 2. The predicted octanol–water partition coefficient (Wildman–Crippen LogP) is 8.25. The lowest BCUT2D eigenvalue weighted by Gasteiger charge is -2.34. The van der Waals surface area contributed by atoms with Crippen LogP contribution in [0, 0.1) is 35.0 Å². The Kier molecular flexibility index (Phi) is 22.6. The second-order valence-electron chi connectivity index (χ2n) is 29.0. The number of nitrogens with one attached hydrogen (secondary N) is 2. The van der Waals surface area contributed by atoms with Crippen molar-refractivity contribution in [2.75, 3.05) is 44.9 Å². The van der Waals surface area contributed by atoms with Gasteiger partial charge in [0.15, 0.2) is 35.3 Å². The number of aliphatic hydroxyl groups excluding tert-OH is 2. The molecule has 4 fully saturated rings. The number of esters is 4. The molecule has 4 aliphatic rings. The number of nitrogens with zero attached hydrogens (tertiary/aromatic N) is 8. The number of aromatic nitrogens is 6. The molecule has 2 aliphatic heterocycles. The van der Waals surface area contributed by atoms with Crippen molar-refractivity contribution in [3.8, 4) is 17.6 Å². The molecule has 12 atom stereocenters. The van der Waals surface area contributed by atoms with Crippen LogP contribution in [0.5, 0.6) is 11.5 Å². The van der Waals surface area contributed by atoms with E-state index >= 15 is 4.57 Å². The summed E-state index contributed by atoms with van der Waals surface area (Å²) in [7, 11) is -7.80. The summed E-state index contributed by atoms with van der Waals surface area (Å²) >= 11 is 0. The molecule has 2 aliphatic carbocycles. The van der Waals surface area contributed by atoms with Crippen LogP contribution in [-0.2, 0) is 87.8 Å². The van der Waals surface area contributed by atoms with Crippen LogP contribution in [-0.4, -0.2) is 152 Å². The molecule has 0 spiro atoms. The Hall–Kier alpha value is -7.94. The fourth-order valence-corrected chi connectivity index (χ4v) is 15.2. The third-order valence-electron chi connectivity index (χ3n) is 18.5. The Morgan fingerprint density at radius 2 is 1.22 bits per heavy atom. The van der Waals surface area contributed by atoms with Crippen molar-refractivity contribution in [3.05, 3.63) is 107 Å². The summed E-state index contributed by atoms with van der Waals surface area (Å²) in [5.41, 5.74) is 10.9. The predicted molar refractivity (Wildman–Crippen MR) is 368 cm³/mol. The Morgan fingerprint density at radius 3 is 1.72 bits per heavy atom. The molecule has 2 saturated carbocycles. The number of fused-ring (bicyclic) bond motifs is 2. The smallest absolute Gasteiger partial charge is 0.459 e. The van der Waals surface area contributed by atoms with Crippen LogP contribution in [0.1, 0.15) is 149 Å². The van der Waals surface area contributed by atoms with E-state index in [1.165, 1.54) is 54.6 Å². The average molecular weight is 1440 g/mol. The van der Waals surface area contributed by atoms with Gasteiger partial charge in [-0.2, -0.15) is 25.6 Å². The van der Waals surface area contributed by atoms with Gasteiger partial charge in [-0.15, -0.1) is 0 Å². The van der Waals surface area contributed by atoms with Crippen molar-refractivity contribution in [3.63, 3.8) is 0 Å². The second-order valence-corrected chi connectivity index (χ2v) is 32.4. The van der Waals surface area contributed by atoms with Crippen LogP contribution in [0.2, 0.25) is 0 Å². The summed E-state index contributed by atoms with van der Waals surface area (Å²) < 4.78 is 94.0. The van der Waals surface area contributed by atoms with Crippen LogP contribution in [0.15, 0.2) is 84.1 Å². The normalized spacial score (nSPS) is 25.8. The molecule has 546 valence electrons. The van der Waals surface area contributed by atoms with Crippen molar-refractivity contribution in [1.29, 1.82) is 5.26 Å². The summed E-state index contributed by atoms with van der Waals surface area (Å²) in [5, 5.41) is 48.9. The van der Waals surface area contributed by atoms with E-state index in [9.17, 15) is 39.2 Å². The van der Waals surface area contributed by atoms with E-state index < -0.39 is 124 Å². The number of hydrogen-bond donors (Lipinski definition) is 6. The lowest BCUT2D eigenvalue weighted by Crippen LogP contribution is -2.48. The summed E-state index contributed by atoms with van der Waals surface area (Å²) in [6, 6.07) is 19.3. The van der Waals surface area contributed by atoms with Gasteiger partial charge in [0.05, 0.1) is 49.7 Å². The zero-order chi connectivity index (χ0) is 73.3. The molecule has 10 rings (SSSR count). The molecule has 2 saturated heterocycles. The molecule has 6 heterocycles. The largest absolute Gasteiger partial charge is 0.464 e. The SMILES string of the molecule is C/N=C\[C@@]1(c2ccc3c(N)ncnn23)O[C@H](COP(=O)(N[C@@H](C)C(=O)OCC2CC(c3nc(N)c4ccc([C@]5(C#N)O[C@H](COP(=O)(N[C@@H](C)C(=O)OCC6CCC6)Oc6ccc(C(C)(C)C)cc6)[C@@H](O)[C@H]5O)n4n3)C2)Oc2ccc(C(C)(C)C)cc2)[C@@H](OC(=O)C(C)C)[C@H]1OC(=O)C(C)C. The number of benzene rings is 2. The molecule has 2 unspecified atom stereocenters. The van der Waals surface area contributed by atoms with Crippen LogP contribution in [0.3, 0.4) is 0 Å². The summed E-state index contributed by atoms with van der Waals surface area (Å²) in [6.45, 7) is 20.3. The van der Waals surface area contributed by atoms with Gasteiger partial charge in [0.2, 0.25) is 5.60 Å². The zero-order valence-electron chi connectivity index (χ0n) is 59.0. The number of carbonyl (C=O) groups excluding carboxylic acids is 4. The molecule has 0 radical (unpaired) electrons. The fourth-order valence-electron chi connectivity index (χ4n) is 12.2. The minimum absolute atomic E-state index is 0.0153. The van der Waals surface area contributed by atoms with Gasteiger partial charge in [-0.05, 0) is 122 Å². The minimum Gasteiger partial charge on any atom is -0.464 e. The number of rotatable bonds is 28. The maximum Gasteiger partial charge on any atom is 0.459 e. The number of ether oxygens (including phenoxy) is 6. The van der Waals surface area contributed by atoms with Gasteiger partial charge in [-0.3, -0.25) is 33.2 Å². The van der Waals surface area contributed by atoms with Crippen molar-refractivity contribution in [2.45, 2.75) is 192 Å². The standard InChI is InChI=1S/C69H92N12O18P2/c1-38(2)62(84)94-56-52(97-69(36-73-13,58(56)95-63(85)39(3)4)54-28-25-49-59(71)74-37-75-80(49)54)34-93-101(89,99-48-23-19-46(20-24-48)67(10,11)12)79-41(6)65(87)91-32-43-29-44(30-43)61-76-60(72)50-26-27-53(81(50)77-61)68(35-70)57(83)55(82)51(96-68)33-92-100(88,78-40(5)64(86)90-31-42-15-14-16-42)98-47-21-17-45(18-22-47)66(7,8)9/h17-28,36-44,51-52,55-58,82-83H,14-16,29-34H2,1-13H3,(H,78,88)(H,79,89)(H2,71,74,75)(H2,72,76,77)/b73-36-/t40-,41-,43?,44?,51+,52+,55+,56+,57+,58+,68-,69-,100?,101?/m0/s1. The molecule has 30 nitrogen and oxygen atoms in total. The highest BCUT2D eigenvalue weighted by Crippen LogP contribution is 2.51. The van der Waals surface area contributed by atoms with Crippen molar-refractivity contribution < 1.29 is 85.0 Å². The van der Waals surface area contributed by atoms with Gasteiger partial charge in [-0.25, -0.2) is 28.1 Å².